The summed E-state index contributed by atoms with van der Waals surface area (Å²) in [6.07, 6.45) is 1.48. The second kappa shape index (κ2) is 8.73. The highest BCUT2D eigenvalue weighted by Crippen LogP contribution is 2.23. The standard InChI is InChI=1S/C23H23FN4O2/c1-14-9-10-15(2)21(11-14)28-16(3)12-18(17(28)4)13-25-27-23(30)22(29)26-20-8-6-5-7-19(20)24/h5-13H,1-4H3,(H,26,29)(H,27,30)/b25-13-. The Labute approximate surface area is 174 Å². The van der Waals surface area contributed by atoms with Gasteiger partial charge in [0.25, 0.3) is 0 Å². The number of hydrazone groups is 1. The number of halogens is 1. The lowest BCUT2D eigenvalue weighted by atomic mass is 10.1. The highest BCUT2D eigenvalue weighted by molar-refractivity contribution is 6.39. The van der Waals surface area contributed by atoms with E-state index in [1.54, 1.807) is 6.07 Å². The Morgan fingerprint density at radius 3 is 2.47 bits per heavy atom. The second-order valence-electron chi connectivity index (χ2n) is 7.08. The molecule has 2 aromatic carbocycles. The number of hydrogen-bond acceptors (Lipinski definition) is 3. The van der Waals surface area contributed by atoms with Crippen molar-refractivity contribution < 1.29 is 14.0 Å². The van der Waals surface area contributed by atoms with E-state index in [4.69, 9.17) is 0 Å². The van der Waals surface area contributed by atoms with Crippen LogP contribution in [0.5, 0.6) is 0 Å². The molecule has 3 rings (SSSR count). The first kappa shape index (κ1) is 21.0. The number of carbonyl (C=O) groups is 2. The van der Waals surface area contributed by atoms with E-state index in [2.05, 4.69) is 45.5 Å². The first-order valence-corrected chi connectivity index (χ1v) is 9.43. The molecule has 30 heavy (non-hydrogen) atoms. The van der Waals surface area contributed by atoms with Crippen molar-refractivity contribution in [3.05, 3.63) is 82.4 Å². The van der Waals surface area contributed by atoms with Gasteiger partial charge in [0.1, 0.15) is 5.82 Å². The van der Waals surface area contributed by atoms with Crippen molar-refractivity contribution in [3.8, 4) is 5.69 Å². The molecule has 2 amide bonds. The molecule has 0 atom stereocenters. The highest BCUT2D eigenvalue weighted by atomic mass is 19.1. The molecule has 3 aromatic rings. The summed E-state index contributed by atoms with van der Waals surface area (Å²) in [5.41, 5.74) is 8.27. The van der Waals surface area contributed by atoms with Crippen LogP contribution >= 0.6 is 0 Å². The van der Waals surface area contributed by atoms with Crippen LogP contribution in [-0.2, 0) is 9.59 Å². The molecule has 0 saturated heterocycles. The molecule has 7 heteroatoms. The SMILES string of the molecule is Cc1ccc(C)c(-n2c(C)cc(/C=N\NC(=O)C(=O)Nc3ccccc3F)c2C)c1. The molecule has 0 unspecified atom stereocenters. The zero-order valence-electron chi connectivity index (χ0n) is 17.3. The summed E-state index contributed by atoms with van der Waals surface area (Å²) in [5.74, 6) is -2.61. The largest absolute Gasteiger partial charge is 0.329 e. The minimum Gasteiger partial charge on any atom is -0.318 e. The fourth-order valence-electron chi connectivity index (χ4n) is 3.20. The summed E-state index contributed by atoms with van der Waals surface area (Å²) in [7, 11) is 0. The van der Waals surface area contributed by atoms with E-state index in [-0.39, 0.29) is 5.69 Å². The Bertz CT molecular complexity index is 1150. The molecular formula is C23H23FN4O2. The maximum atomic E-state index is 13.6. The van der Waals surface area contributed by atoms with Crippen molar-refractivity contribution in [1.82, 2.24) is 9.99 Å². The number of rotatable bonds is 4. The van der Waals surface area contributed by atoms with Crippen LogP contribution in [0.1, 0.15) is 28.1 Å². The molecular weight excluding hydrogens is 383 g/mol. The van der Waals surface area contributed by atoms with Crippen LogP contribution in [0.2, 0.25) is 0 Å². The fourth-order valence-corrected chi connectivity index (χ4v) is 3.20. The molecule has 1 heterocycles. The number of benzene rings is 2. The summed E-state index contributed by atoms with van der Waals surface area (Å²) in [6.45, 7) is 8.05. The van der Waals surface area contributed by atoms with Crippen molar-refractivity contribution in [3.63, 3.8) is 0 Å². The number of nitrogens with zero attached hydrogens (tertiary/aromatic N) is 2. The van der Waals surface area contributed by atoms with Gasteiger partial charge >= 0.3 is 11.8 Å². The van der Waals surface area contributed by atoms with Crippen molar-refractivity contribution in [2.24, 2.45) is 5.10 Å². The van der Waals surface area contributed by atoms with Gasteiger partial charge < -0.3 is 9.88 Å². The van der Waals surface area contributed by atoms with Gasteiger partial charge in [-0.25, -0.2) is 9.82 Å². The van der Waals surface area contributed by atoms with Crippen LogP contribution in [0.4, 0.5) is 10.1 Å². The third-order valence-corrected chi connectivity index (χ3v) is 4.77. The minimum atomic E-state index is -1.00. The molecule has 2 N–H and O–H groups in total. The minimum absolute atomic E-state index is 0.0706. The van der Waals surface area contributed by atoms with Crippen molar-refractivity contribution in [2.45, 2.75) is 27.7 Å². The zero-order valence-corrected chi connectivity index (χ0v) is 17.3. The van der Waals surface area contributed by atoms with Crippen molar-refractivity contribution >= 4 is 23.7 Å². The number of hydrogen-bond donors (Lipinski definition) is 2. The van der Waals surface area contributed by atoms with Gasteiger partial charge in [0.15, 0.2) is 0 Å². The number of para-hydroxylation sites is 1. The summed E-state index contributed by atoms with van der Waals surface area (Å²) in [5, 5.41) is 6.10. The summed E-state index contributed by atoms with van der Waals surface area (Å²) in [4.78, 5) is 23.9. The molecule has 6 nitrogen and oxygen atoms in total. The van der Waals surface area contributed by atoms with Crippen LogP contribution in [0, 0.1) is 33.5 Å². The van der Waals surface area contributed by atoms with Gasteiger partial charge in [0.05, 0.1) is 11.9 Å². The van der Waals surface area contributed by atoms with E-state index < -0.39 is 17.6 Å². The Balaban J connectivity index is 1.72. The summed E-state index contributed by atoms with van der Waals surface area (Å²) in [6, 6.07) is 13.8. The summed E-state index contributed by atoms with van der Waals surface area (Å²) >= 11 is 0. The first-order chi connectivity index (χ1) is 14.3. The normalized spacial score (nSPS) is 11.0. The quantitative estimate of drug-likeness (QED) is 0.391. The highest BCUT2D eigenvalue weighted by Gasteiger charge is 2.15. The number of aromatic nitrogens is 1. The smallest absolute Gasteiger partial charge is 0.318 e. The number of aryl methyl sites for hydroxylation is 3. The van der Waals surface area contributed by atoms with E-state index >= 15 is 0 Å². The predicted octanol–water partition coefficient (Wildman–Crippen LogP) is 3.94. The maximum absolute atomic E-state index is 13.6. The van der Waals surface area contributed by atoms with Crippen LogP contribution in [0.25, 0.3) is 5.69 Å². The topological polar surface area (TPSA) is 75.5 Å². The van der Waals surface area contributed by atoms with Crippen LogP contribution < -0.4 is 10.7 Å². The molecule has 0 aliphatic carbocycles. The van der Waals surface area contributed by atoms with Crippen LogP contribution in [0.3, 0.4) is 0 Å². The lowest BCUT2D eigenvalue weighted by molar-refractivity contribution is -0.136. The molecule has 0 aliphatic heterocycles. The number of anilines is 1. The lowest BCUT2D eigenvalue weighted by Crippen LogP contribution is -2.32. The van der Waals surface area contributed by atoms with E-state index in [0.717, 1.165) is 33.8 Å². The van der Waals surface area contributed by atoms with Gasteiger partial charge in [0, 0.05) is 22.6 Å². The molecule has 0 radical (unpaired) electrons. The molecule has 0 spiro atoms. The molecule has 0 fully saturated rings. The number of amides is 2. The zero-order chi connectivity index (χ0) is 21.8. The summed E-state index contributed by atoms with van der Waals surface area (Å²) < 4.78 is 15.7. The molecule has 0 saturated carbocycles. The molecule has 1 aromatic heterocycles. The van der Waals surface area contributed by atoms with Gasteiger partial charge in [-0.3, -0.25) is 9.59 Å². The molecule has 0 aliphatic rings. The van der Waals surface area contributed by atoms with Gasteiger partial charge in [-0.2, -0.15) is 5.10 Å². The van der Waals surface area contributed by atoms with Crippen LogP contribution in [-0.4, -0.2) is 22.6 Å². The Kier molecular flexibility index (Phi) is 6.11. The van der Waals surface area contributed by atoms with Gasteiger partial charge in [0.2, 0.25) is 0 Å². The van der Waals surface area contributed by atoms with Crippen LogP contribution in [0.15, 0.2) is 53.6 Å². The van der Waals surface area contributed by atoms with Gasteiger partial charge in [-0.1, -0.05) is 24.3 Å². The average molecular weight is 406 g/mol. The lowest BCUT2D eigenvalue weighted by Gasteiger charge is -2.13. The average Bonchev–Trinajstić information content (AvgIpc) is 2.98. The maximum Gasteiger partial charge on any atom is 0.329 e. The van der Waals surface area contributed by atoms with E-state index in [0.29, 0.717) is 0 Å². The third-order valence-electron chi connectivity index (χ3n) is 4.77. The van der Waals surface area contributed by atoms with E-state index in [1.807, 2.05) is 26.8 Å². The first-order valence-electron chi connectivity index (χ1n) is 9.43. The fraction of sp³-hybridized carbons (Fsp3) is 0.174. The molecule has 0 bridgehead atoms. The van der Waals surface area contributed by atoms with E-state index in [1.165, 1.54) is 24.4 Å². The predicted molar refractivity (Wildman–Crippen MR) is 115 cm³/mol. The monoisotopic (exact) mass is 406 g/mol. The van der Waals surface area contributed by atoms with Gasteiger partial charge in [-0.15, -0.1) is 0 Å². The van der Waals surface area contributed by atoms with Crippen molar-refractivity contribution in [2.75, 3.05) is 5.32 Å². The number of nitrogens with one attached hydrogen (secondary N) is 2. The number of carbonyl (C=O) groups excluding carboxylic acids is 2. The second-order valence-corrected chi connectivity index (χ2v) is 7.08. The van der Waals surface area contributed by atoms with Gasteiger partial charge in [-0.05, 0) is 63.1 Å². The van der Waals surface area contributed by atoms with E-state index in [9.17, 15) is 14.0 Å². The Morgan fingerprint density at radius 2 is 1.73 bits per heavy atom. The van der Waals surface area contributed by atoms with Crippen molar-refractivity contribution in [1.29, 1.82) is 0 Å². The Morgan fingerprint density at radius 1 is 1.00 bits per heavy atom. The third kappa shape index (κ3) is 4.46. The Hall–Kier alpha value is -3.74. The molecule has 154 valence electrons.